The third-order valence-corrected chi connectivity index (χ3v) is 9.06. The van der Waals surface area contributed by atoms with Crippen molar-refractivity contribution < 1.29 is 19.5 Å². The van der Waals surface area contributed by atoms with E-state index in [2.05, 4.69) is 64.1 Å². The van der Waals surface area contributed by atoms with Crippen LogP contribution in [0.15, 0.2) is 72.8 Å². The summed E-state index contributed by atoms with van der Waals surface area (Å²) in [6.45, 7) is 0.723. The van der Waals surface area contributed by atoms with Crippen molar-refractivity contribution in [3.8, 4) is 0 Å². The molecule has 2 aromatic rings. The third-order valence-electron chi connectivity index (χ3n) is 9.06. The second kappa shape index (κ2) is 10.7. The number of nitrogens with zero attached hydrogens (tertiary/aromatic N) is 1. The molecule has 0 spiro atoms. The number of carbonyl (C=O) groups is 3. The van der Waals surface area contributed by atoms with E-state index in [9.17, 15) is 14.4 Å². The first-order valence-corrected chi connectivity index (χ1v) is 14.1. The van der Waals surface area contributed by atoms with Gasteiger partial charge in [-0.1, -0.05) is 55.3 Å². The van der Waals surface area contributed by atoms with Crippen LogP contribution in [0.3, 0.4) is 0 Å². The van der Waals surface area contributed by atoms with Crippen LogP contribution >= 0.6 is 0 Å². The summed E-state index contributed by atoms with van der Waals surface area (Å²) < 4.78 is 0. The van der Waals surface area contributed by atoms with E-state index in [0.717, 1.165) is 50.8 Å². The second-order valence-electron chi connectivity index (χ2n) is 11.3. The normalized spacial score (nSPS) is 29.2. The number of aromatic carboxylic acids is 1. The Kier molecular flexibility index (Phi) is 6.98. The number of carboxylic acid groups (broad SMARTS) is 1. The minimum atomic E-state index is -1.03. The molecule has 39 heavy (non-hydrogen) atoms. The summed E-state index contributed by atoms with van der Waals surface area (Å²) in [5.74, 6) is -0.697. The van der Waals surface area contributed by atoms with E-state index in [1.807, 2.05) is 0 Å². The topological polar surface area (TPSA) is 98.7 Å². The van der Waals surface area contributed by atoms with Gasteiger partial charge in [-0.25, -0.2) is 4.79 Å². The Balaban J connectivity index is 1.23. The van der Waals surface area contributed by atoms with Crippen LogP contribution < -0.4 is 10.6 Å². The zero-order valence-electron chi connectivity index (χ0n) is 22.0. The molecule has 2 aromatic carbocycles. The maximum absolute atomic E-state index is 14.3. The maximum atomic E-state index is 14.3. The Morgan fingerprint density at radius 3 is 2.46 bits per heavy atom. The smallest absolute Gasteiger partial charge is 0.335 e. The van der Waals surface area contributed by atoms with Gasteiger partial charge in [-0.05, 0) is 61.6 Å². The largest absolute Gasteiger partial charge is 0.478 e. The van der Waals surface area contributed by atoms with Crippen LogP contribution in [0.1, 0.15) is 70.8 Å². The van der Waals surface area contributed by atoms with Gasteiger partial charge in [0, 0.05) is 41.7 Å². The molecule has 7 heteroatoms. The molecule has 2 amide bonds. The van der Waals surface area contributed by atoms with Gasteiger partial charge in [-0.15, -0.1) is 0 Å². The number of amides is 2. The van der Waals surface area contributed by atoms with Crippen LogP contribution in [-0.2, 0) is 4.79 Å². The van der Waals surface area contributed by atoms with Crippen LogP contribution in [0.2, 0.25) is 0 Å². The lowest BCUT2D eigenvalue weighted by Crippen LogP contribution is -2.51. The highest BCUT2D eigenvalue weighted by molar-refractivity contribution is 5.96. The van der Waals surface area contributed by atoms with Crippen molar-refractivity contribution >= 4 is 23.5 Å². The van der Waals surface area contributed by atoms with E-state index >= 15 is 0 Å². The first-order chi connectivity index (χ1) is 19.0. The van der Waals surface area contributed by atoms with Crippen molar-refractivity contribution in [3.05, 3.63) is 89.5 Å². The van der Waals surface area contributed by atoms with Crippen molar-refractivity contribution in [2.45, 2.75) is 56.7 Å². The van der Waals surface area contributed by atoms with Crippen molar-refractivity contribution in [2.24, 2.45) is 17.8 Å². The Labute approximate surface area is 229 Å². The Bertz CT molecular complexity index is 1320. The molecule has 3 N–H and O–H groups in total. The van der Waals surface area contributed by atoms with Crippen LogP contribution in [-0.4, -0.2) is 46.4 Å². The van der Waals surface area contributed by atoms with E-state index in [1.165, 1.54) is 29.8 Å². The molecule has 1 unspecified atom stereocenters. The zero-order valence-corrected chi connectivity index (χ0v) is 22.0. The molecular formula is C32H35N3O4. The van der Waals surface area contributed by atoms with Gasteiger partial charge in [0.15, 0.2) is 0 Å². The van der Waals surface area contributed by atoms with Gasteiger partial charge in [-0.3, -0.25) is 9.59 Å². The van der Waals surface area contributed by atoms with Crippen molar-refractivity contribution in [3.63, 3.8) is 0 Å². The third kappa shape index (κ3) is 4.86. The molecule has 2 fully saturated rings. The number of nitrogens with one attached hydrogen (secondary N) is 2. The average Bonchev–Trinajstić information content (AvgIpc) is 3.43. The van der Waals surface area contributed by atoms with Gasteiger partial charge >= 0.3 is 5.97 Å². The van der Waals surface area contributed by atoms with Gasteiger partial charge in [0.1, 0.15) is 0 Å². The summed E-state index contributed by atoms with van der Waals surface area (Å²) in [6, 6.07) is 14.4. The fourth-order valence-electron chi connectivity index (χ4n) is 7.13. The van der Waals surface area contributed by atoms with Crippen molar-refractivity contribution in [1.82, 2.24) is 10.2 Å². The molecule has 4 aliphatic rings. The number of benzene rings is 2. The van der Waals surface area contributed by atoms with Crippen molar-refractivity contribution in [1.29, 1.82) is 0 Å². The maximum Gasteiger partial charge on any atom is 0.335 e. The lowest BCUT2D eigenvalue weighted by Gasteiger charge is -2.44. The molecule has 2 heterocycles. The molecular weight excluding hydrogens is 490 g/mol. The SMILES string of the molecule is O=C(O)c1ccc(C(=O)N[C@@H]2CCCC[C@@H]2C(=O)N2CC[C@@H]3[C@H](C4C=CC=CC4)Nc4ccccc4[C@@H]32)cc1. The van der Waals surface area contributed by atoms with Crippen LogP contribution in [0.25, 0.3) is 0 Å². The monoisotopic (exact) mass is 525 g/mol. The standard InChI is InChI=1S/C32H35N3O4/c36-30(21-14-16-22(17-15-21)32(38)39)34-27-13-7-5-11-24(27)31(37)35-19-18-25-28(20-8-2-1-3-9-20)33-26-12-6-4-10-23(26)29(25)35/h1-4,6,8,10,12,14-17,20,24-25,27-29,33H,5,7,9,11,13,18-19H2,(H,34,36)(H,38,39)/t20?,24-,25+,27+,28-,29-/m0/s1. The molecule has 1 saturated heterocycles. The Morgan fingerprint density at radius 2 is 1.69 bits per heavy atom. The molecule has 0 radical (unpaired) electrons. The minimum Gasteiger partial charge on any atom is -0.478 e. The highest BCUT2D eigenvalue weighted by atomic mass is 16.4. The molecule has 7 nitrogen and oxygen atoms in total. The number of carbonyl (C=O) groups excluding carboxylic acids is 2. The molecule has 202 valence electrons. The summed E-state index contributed by atoms with van der Waals surface area (Å²) in [4.78, 5) is 40.6. The van der Waals surface area contributed by atoms with E-state index < -0.39 is 5.97 Å². The summed E-state index contributed by atoms with van der Waals surface area (Å²) >= 11 is 0. The summed E-state index contributed by atoms with van der Waals surface area (Å²) in [5.41, 5.74) is 2.85. The van der Waals surface area contributed by atoms with E-state index in [4.69, 9.17) is 5.11 Å². The van der Waals surface area contributed by atoms with E-state index in [0.29, 0.717) is 17.4 Å². The second-order valence-corrected chi connectivity index (χ2v) is 11.3. The number of allylic oxidation sites excluding steroid dienone is 3. The van der Waals surface area contributed by atoms with Gasteiger partial charge in [-0.2, -0.15) is 0 Å². The number of carboxylic acids is 1. The fraction of sp³-hybridized carbons (Fsp3) is 0.406. The average molecular weight is 526 g/mol. The molecule has 6 atom stereocenters. The molecule has 0 aromatic heterocycles. The number of rotatable bonds is 5. The molecule has 2 aliphatic heterocycles. The minimum absolute atomic E-state index is 0.0288. The quantitative estimate of drug-likeness (QED) is 0.499. The molecule has 2 aliphatic carbocycles. The highest BCUT2D eigenvalue weighted by Gasteiger charge is 2.49. The fourth-order valence-corrected chi connectivity index (χ4v) is 7.13. The van der Waals surface area contributed by atoms with Crippen molar-refractivity contribution in [2.75, 3.05) is 11.9 Å². The predicted molar refractivity (Wildman–Crippen MR) is 149 cm³/mol. The van der Waals surface area contributed by atoms with E-state index in [-0.39, 0.29) is 41.4 Å². The first-order valence-electron chi connectivity index (χ1n) is 14.1. The summed E-state index contributed by atoms with van der Waals surface area (Å²) in [7, 11) is 0. The number of likely N-dealkylation sites (tertiary alicyclic amines) is 1. The molecule has 1 saturated carbocycles. The number of hydrogen-bond donors (Lipinski definition) is 3. The molecule has 6 rings (SSSR count). The summed E-state index contributed by atoms with van der Waals surface area (Å²) in [6.07, 6.45) is 14.2. The summed E-state index contributed by atoms with van der Waals surface area (Å²) in [5, 5.41) is 16.1. The van der Waals surface area contributed by atoms with Crippen LogP contribution in [0, 0.1) is 17.8 Å². The lowest BCUT2D eigenvalue weighted by molar-refractivity contribution is -0.139. The number of fused-ring (bicyclic) bond motifs is 3. The Hall–Kier alpha value is -3.87. The predicted octanol–water partition coefficient (Wildman–Crippen LogP) is 5.19. The highest BCUT2D eigenvalue weighted by Crippen LogP contribution is 2.49. The van der Waals surface area contributed by atoms with Gasteiger partial charge in [0.25, 0.3) is 5.91 Å². The number of hydrogen-bond acceptors (Lipinski definition) is 4. The van der Waals surface area contributed by atoms with E-state index in [1.54, 1.807) is 0 Å². The molecule has 0 bridgehead atoms. The Morgan fingerprint density at radius 1 is 0.923 bits per heavy atom. The van der Waals surface area contributed by atoms with Crippen LogP contribution in [0.4, 0.5) is 5.69 Å². The number of anilines is 1. The van der Waals surface area contributed by atoms with Gasteiger partial charge in [0.05, 0.1) is 17.5 Å². The van der Waals surface area contributed by atoms with Crippen LogP contribution in [0.5, 0.6) is 0 Å². The zero-order chi connectivity index (χ0) is 26.9. The first kappa shape index (κ1) is 25.4. The van der Waals surface area contributed by atoms with Gasteiger partial charge in [0.2, 0.25) is 5.91 Å². The number of para-hydroxylation sites is 1. The van der Waals surface area contributed by atoms with Gasteiger partial charge < -0.3 is 20.6 Å². The lowest BCUT2D eigenvalue weighted by atomic mass is 9.75.